The van der Waals surface area contributed by atoms with Crippen molar-refractivity contribution in [3.8, 4) is 0 Å². The van der Waals surface area contributed by atoms with E-state index < -0.39 is 8.45 Å². The van der Waals surface area contributed by atoms with Crippen molar-refractivity contribution < 1.29 is 4.52 Å². The maximum Gasteiger partial charge on any atom is 0.189 e. The molecule has 1 saturated heterocycles. The average molecular weight is 423 g/mol. The van der Waals surface area contributed by atoms with Crippen LogP contribution in [0.5, 0.6) is 0 Å². The van der Waals surface area contributed by atoms with Gasteiger partial charge < -0.3 is 15.2 Å². The van der Waals surface area contributed by atoms with Crippen LogP contribution in [-0.2, 0) is 4.52 Å². The molecular formula is C21H35N4OPS. The molecule has 2 fully saturated rings. The Morgan fingerprint density at radius 2 is 1.64 bits per heavy atom. The molecule has 0 radical (unpaired) electrons. The van der Waals surface area contributed by atoms with Crippen molar-refractivity contribution in [2.75, 3.05) is 18.5 Å². The molecular weight excluding hydrogens is 387 g/mol. The largest absolute Gasteiger partial charge is 0.360 e. The zero-order valence-corrected chi connectivity index (χ0v) is 19.3. The van der Waals surface area contributed by atoms with Crippen LogP contribution >= 0.6 is 20.7 Å². The topological polar surface area (TPSA) is 39.8 Å². The van der Waals surface area contributed by atoms with E-state index in [1.165, 1.54) is 25.7 Å². The fourth-order valence-corrected chi connectivity index (χ4v) is 7.18. The molecule has 1 aromatic rings. The molecule has 1 heterocycles. The van der Waals surface area contributed by atoms with E-state index in [2.05, 4.69) is 47.7 Å². The molecule has 2 aliphatic rings. The minimum Gasteiger partial charge on any atom is -0.360 e. The minimum absolute atomic E-state index is 0.509. The molecule has 28 heavy (non-hydrogen) atoms. The van der Waals surface area contributed by atoms with Crippen molar-refractivity contribution in [3.05, 3.63) is 30.3 Å². The number of hydrogen-bond donors (Lipinski definition) is 2. The van der Waals surface area contributed by atoms with Crippen LogP contribution in [0.2, 0.25) is 0 Å². The lowest BCUT2D eigenvalue weighted by atomic mass is 9.89. The number of fused-ring (bicyclic) bond motifs is 1. The highest BCUT2D eigenvalue weighted by molar-refractivity contribution is 7.80. The number of hydrogen-bond acceptors (Lipinski definition) is 4. The molecule has 3 rings (SSSR count). The molecule has 5 nitrogen and oxygen atoms in total. The van der Waals surface area contributed by atoms with Crippen molar-refractivity contribution in [1.82, 2.24) is 14.7 Å². The van der Waals surface area contributed by atoms with Gasteiger partial charge in [0.15, 0.2) is 13.6 Å². The number of para-hydroxylation sites is 1. The van der Waals surface area contributed by atoms with Gasteiger partial charge in [0.05, 0.1) is 6.61 Å². The Kier molecular flexibility index (Phi) is 8.07. The van der Waals surface area contributed by atoms with Gasteiger partial charge in [-0.25, -0.2) is 9.34 Å². The Bertz CT molecular complexity index is 606. The summed E-state index contributed by atoms with van der Waals surface area (Å²) >= 11 is 5.40. The van der Waals surface area contributed by atoms with Gasteiger partial charge in [-0.05, 0) is 64.9 Å². The third-order valence-electron chi connectivity index (χ3n) is 5.45. The third kappa shape index (κ3) is 5.22. The highest BCUT2D eigenvalue weighted by atomic mass is 32.1. The first-order chi connectivity index (χ1) is 13.5. The fourth-order valence-electron chi connectivity index (χ4n) is 4.36. The molecule has 2 unspecified atom stereocenters. The molecule has 1 aromatic carbocycles. The van der Waals surface area contributed by atoms with Gasteiger partial charge >= 0.3 is 0 Å². The Morgan fingerprint density at radius 3 is 2.18 bits per heavy atom. The molecule has 2 atom stereocenters. The Balaban J connectivity index is 1.54. The predicted octanol–water partition coefficient (Wildman–Crippen LogP) is 4.96. The smallest absolute Gasteiger partial charge is 0.189 e. The molecule has 2 N–H and O–H groups in total. The van der Waals surface area contributed by atoms with E-state index >= 15 is 0 Å². The number of anilines is 1. The van der Waals surface area contributed by atoms with Crippen molar-refractivity contribution in [1.29, 1.82) is 0 Å². The molecule has 1 aliphatic heterocycles. The fraction of sp³-hybridized carbons (Fsp3) is 0.667. The van der Waals surface area contributed by atoms with Crippen LogP contribution in [0.1, 0.15) is 53.4 Å². The summed E-state index contributed by atoms with van der Waals surface area (Å²) in [6.07, 6.45) is 5.30. The van der Waals surface area contributed by atoms with Crippen molar-refractivity contribution in [2.24, 2.45) is 0 Å². The Hall–Kier alpha value is -0.780. The molecule has 7 heteroatoms. The van der Waals surface area contributed by atoms with Gasteiger partial charge in [-0.2, -0.15) is 0 Å². The molecule has 0 amide bonds. The first-order valence-electron chi connectivity index (χ1n) is 10.6. The molecule has 0 bridgehead atoms. The highest BCUT2D eigenvalue weighted by Gasteiger charge is 2.50. The predicted molar refractivity (Wildman–Crippen MR) is 124 cm³/mol. The Morgan fingerprint density at radius 1 is 1.07 bits per heavy atom. The van der Waals surface area contributed by atoms with Crippen LogP contribution in [-0.4, -0.2) is 51.8 Å². The average Bonchev–Trinajstić information content (AvgIpc) is 3.00. The normalized spacial score (nSPS) is 25.9. The van der Waals surface area contributed by atoms with Crippen LogP contribution in [0, 0.1) is 0 Å². The van der Waals surface area contributed by atoms with E-state index in [1.807, 2.05) is 30.3 Å². The van der Waals surface area contributed by atoms with Gasteiger partial charge in [-0.1, -0.05) is 31.0 Å². The lowest BCUT2D eigenvalue weighted by Crippen LogP contribution is -2.43. The third-order valence-corrected chi connectivity index (χ3v) is 8.42. The summed E-state index contributed by atoms with van der Waals surface area (Å²) in [5.41, 5.74) is 1.00. The first kappa shape index (κ1) is 21.9. The number of rotatable bonds is 7. The number of nitrogens with zero attached hydrogens (tertiary/aromatic N) is 2. The molecule has 0 aromatic heterocycles. The summed E-state index contributed by atoms with van der Waals surface area (Å²) in [6, 6.07) is 12.3. The van der Waals surface area contributed by atoms with Gasteiger partial charge in [0.2, 0.25) is 0 Å². The molecule has 1 saturated carbocycles. The molecule has 156 valence electrons. The first-order valence-corrected chi connectivity index (χ1v) is 12.2. The van der Waals surface area contributed by atoms with E-state index in [-0.39, 0.29) is 0 Å². The van der Waals surface area contributed by atoms with Crippen molar-refractivity contribution >= 4 is 31.5 Å². The lowest BCUT2D eigenvalue weighted by molar-refractivity contribution is 0.173. The second-order valence-corrected chi connectivity index (χ2v) is 10.3. The SMILES string of the molecule is CC(C)N1C2CCCCC2N(C(C)C)P1OCCNC(=S)Nc1ccccc1. The van der Waals surface area contributed by atoms with Gasteiger partial charge in [0.1, 0.15) is 0 Å². The summed E-state index contributed by atoms with van der Waals surface area (Å²) in [4.78, 5) is 0. The van der Waals surface area contributed by atoms with E-state index in [0.29, 0.717) is 42.4 Å². The highest BCUT2D eigenvalue weighted by Crippen LogP contribution is 2.59. The minimum atomic E-state index is -0.717. The van der Waals surface area contributed by atoms with Gasteiger partial charge in [-0.3, -0.25) is 0 Å². The Labute approximate surface area is 177 Å². The van der Waals surface area contributed by atoms with E-state index in [1.54, 1.807) is 0 Å². The van der Waals surface area contributed by atoms with Gasteiger partial charge in [0, 0.05) is 36.4 Å². The number of thiocarbonyl (C=S) groups is 1. The van der Waals surface area contributed by atoms with E-state index in [4.69, 9.17) is 16.7 Å². The summed E-state index contributed by atoms with van der Waals surface area (Å²) in [6.45, 7) is 10.6. The molecule has 0 spiro atoms. The van der Waals surface area contributed by atoms with E-state index in [9.17, 15) is 0 Å². The summed E-state index contributed by atoms with van der Waals surface area (Å²) in [5, 5.41) is 7.13. The standard InChI is InChI=1S/C21H35N4OPS/c1-16(2)24-19-12-8-9-13-20(19)25(17(3)4)27(24)26-15-14-22-21(28)23-18-10-6-5-7-11-18/h5-7,10-11,16-17,19-20H,8-9,12-15H2,1-4H3,(H2,22,23,28). The second kappa shape index (κ2) is 10.3. The van der Waals surface area contributed by atoms with Crippen molar-refractivity contribution in [2.45, 2.75) is 77.5 Å². The zero-order valence-electron chi connectivity index (χ0n) is 17.6. The van der Waals surface area contributed by atoms with Crippen LogP contribution in [0.3, 0.4) is 0 Å². The van der Waals surface area contributed by atoms with E-state index in [0.717, 1.165) is 5.69 Å². The van der Waals surface area contributed by atoms with Gasteiger partial charge in [0.25, 0.3) is 0 Å². The lowest BCUT2D eigenvalue weighted by Gasteiger charge is -2.34. The van der Waals surface area contributed by atoms with Crippen LogP contribution in [0.25, 0.3) is 0 Å². The summed E-state index contributed by atoms with van der Waals surface area (Å²) in [5.74, 6) is 0. The monoisotopic (exact) mass is 422 g/mol. The van der Waals surface area contributed by atoms with Gasteiger partial charge in [-0.15, -0.1) is 0 Å². The summed E-state index contributed by atoms with van der Waals surface area (Å²) in [7, 11) is -0.717. The molecule has 1 aliphatic carbocycles. The van der Waals surface area contributed by atoms with Crippen LogP contribution in [0.4, 0.5) is 5.69 Å². The summed E-state index contributed by atoms with van der Waals surface area (Å²) < 4.78 is 11.8. The maximum atomic E-state index is 6.51. The van der Waals surface area contributed by atoms with Crippen molar-refractivity contribution in [3.63, 3.8) is 0 Å². The number of benzene rings is 1. The van der Waals surface area contributed by atoms with Crippen LogP contribution in [0.15, 0.2) is 30.3 Å². The zero-order chi connectivity index (χ0) is 20.1. The van der Waals surface area contributed by atoms with Crippen LogP contribution < -0.4 is 10.6 Å². The quantitative estimate of drug-likeness (QED) is 0.368. The second-order valence-electron chi connectivity index (χ2n) is 8.20. The maximum absolute atomic E-state index is 6.51. The number of nitrogens with one attached hydrogen (secondary N) is 2.